The van der Waals surface area contributed by atoms with Gasteiger partial charge in [-0.1, -0.05) is 35.9 Å². The lowest BCUT2D eigenvalue weighted by atomic mass is 10.1. The molecule has 2 atom stereocenters. The Kier molecular flexibility index (Phi) is 5.50. The number of carboxylic acids is 1. The number of hydrogen-bond acceptors (Lipinski definition) is 5. The summed E-state index contributed by atoms with van der Waals surface area (Å²) in [6.07, 6.45) is 0. The minimum atomic E-state index is -0.820. The Morgan fingerprint density at radius 1 is 1.28 bits per heavy atom. The minimum absolute atomic E-state index is 0.0617. The van der Waals surface area contributed by atoms with Crippen LogP contribution in [0.1, 0.15) is 22.1 Å². The van der Waals surface area contributed by atoms with Gasteiger partial charge in [0.2, 0.25) is 0 Å². The lowest BCUT2D eigenvalue weighted by molar-refractivity contribution is -0.138. The molecule has 3 rings (SSSR count). The first-order chi connectivity index (χ1) is 12.1. The molecule has 1 fully saturated rings. The van der Waals surface area contributed by atoms with Crippen LogP contribution in [0.2, 0.25) is 0 Å². The lowest BCUT2D eigenvalue weighted by Gasteiger charge is -2.16. The molecule has 1 heterocycles. The molecule has 0 aromatic heterocycles. The number of methoxy groups -OCH3 is 1. The molecule has 132 valence electrons. The summed E-state index contributed by atoms with van der Waals surface area (Å²) in [6, 6.07) is 13.4. The van der Waals surface area contributed by atoms with Crippen molar-refractivity contribution < 1.29 is 19.4 Å². The van der Waals surface area contributed by atoms with E-state index < -0.39 is 12.0 Å². The zero-order valence-corrected chi connectivity index (χ0v) is 15.0. The number of ether oxygens (including phenoxy) is 2. The quantitative estimate of drug-likeness (QED) is 0.824. The van der Waals surface area contributed by atoms with Gasteiger partial charge in [0, 0.05) is 5.75 Å². The molecule has 0 bridgehead atoms. The maximum Gasteiger partial charge on any atom is 0.321 e. The van der Waals surface area contributed by atoms with Crippen molar-refractivity contribution in [3.8, 4) is 11.5 Å². The second-order valence-corrected chi connectivity index (χ2v) is 7.10. The van der Waals surface area contributed by atoms with Crippen molar-refractivity contribution in [3.05, 3.63) is 59.2 Å². The molecule has 2 N–H and O–H groups in total. The molecule has 1 aliphatic heterocycles. The monoisotopic (exact) mass is 359 g/mol. The Bertz CT molecular complexity index is 765. The molecule has 1 saturated heterocycles. The first kappa shape index (κ1) is 17.6. The highest BCUT2D eigenvalue weighted by molar-refractivity contribution is 7.99. The maximum absolute atomic E-state index is 11.1. The second kappa shape index (κ2) is 7.80. The van der Waals surface area contributed by atoms with Crippen LogP contribution in [0.15, 0.2) is 42.5 Å². The van der Waals surface area contributed by atoms with Crippen LogP contribution in [0.3, 0.4) is 0 Å². The zero-order chi connectivity index (χ0) is 17.8. The van der Waals surface area contributed by atoms with Crippen molar-refractivity contribution in [2.45, 2.75) is 24.9 Å². The van der Waals surface area contributed by atoms with Gasteiger partial charge in [0.05, 0.1) is 12.5 Å². The standard InChI is InChI=1S/C19H21NO4S/c1-12-4-3-5-13(8-12)10-24-17-9-14(6-7-16(17)23-2)18-20-15(11-25-18)19(21)22/h3-9,15,18,20H,10-11H2,1-2H3,(H,21,22). The number of benzene rings is 2. The molecular weight excluding hydrogens is 338 g/mol. The van der Waals surface area contributed by atoms with Gasteiger partial charge in [-0.25, -0.2) is 0 Å². The predicted octanol–water partition coefficient (Wildman–Crippen LogP) is 3.37. The van der Waals surface area contributed by atoms with Gasteiger partial charge in [0.15, 0.2) is 11.5 Å². The van der Waals surface area contributed by atoms with Crippen molar-refractivity contribution in [1.29, 1.82) is 0 Å². The van der Waals surface area contributed by atoms with E-state index in [1.165, 1.54) is 5.56 Å². The maximum atomic E-state index is 11.1. The fourth-order valence-electron chi connectivity index (χ4n) is 2.74. The van der Waals surface area contributed by atoms with Gasteiger partial charge >= 0.3 is 5.97 Å². The topological polar surface area (TPSA) is 67.8 Å². The van der Waals surface area contributed by atoms with Gasteiger partial charge < -0.3 is 14.6 Å². The number of aryl methyl sites for hydroxylation is 1. The van der Waals surface area contributed by atoms with Gasteiger partial charge in [-0.2, -0.15) is 0 Å². The minimum Gasteiger partial charge on any atom is -0.493 e. The number of carbonyl (C=O) groups is 1. The first-order valence-electron chi connectivity index (χ1n) is 8.03. The second-order valence-electron chi connectivity index (χ2n) is 5.96. The van der Waals surface area contributed by atoms with Crippen molar-refractivity contribution in [2.75, 3.05) is 12.9 Å². The molecule has 2 unspecified atom stereocenters. The third-order valence-electron chi connectivity index (χ3n) is 4.05. The van der Waals surface area contributed by atoms with E-state index in [1.807, 2.05) is 43.3 Å². The Morgan fingerprint density at radius 3 is 2.80 bits per heavy atom. The molecule has 2 aromatic rings. The molecular formula is C19H21NO4S. The van der Waals surface area contributed by atoms with Crippen molar-refractivity contribution in [1.82, 2.24) is 5.32 Å². The van der Waals surface area contributed by atoms with Crippen LogP contribution in [0, 0.1) is 6.92 Å². The summed E-state index contributed by atoms with van der Waals surface area (Å²) in [7, 11) is 1.61. The number of hydrogen-bond donors (Lipinski definition) is 2. The van der Waals surface area contributed by atoms with Crippen LogP contribution in [-0.2, 0) is 11.4 Å². The summed E-state index contributed by atoms with van der Waals surface area (Å²) in [5, 5.41) is 12.2. The summed E-state index contributed by atoms with van der Waals surface area (Å²) >= 11 is 1.58. The molecule has 0 spiro atoms. The summed E-state index contributed by atoms with van der Waals surface area (Å²) in [5.41, 5.74) is 3.26. The summed E-state index contributed by atoms with van der Waals surface area (Å²) in [5.74, 6) is 1.04. The van der Waals surface area contributed by atoms with E-state index >= 15 is 0 Å². The van der Waals surface area contributed by atoms with Crippen LogP contribution in [-0.4, -0.2) is 30.0 Å². The Balaban J connectivity index is 1.75. The highest BCUT2D eigenvalue weighted by atomic mass is 32.2. The fourth-order valence-corrected chi connectivity index (χ4v) is 3.96. The zero-order valence-electron chi connectivity index (χ0n) is 14.2. The van der Waals surface area contributed by atoms with Crippen LogP contribution in [0.5, 0.6) is 11.5 Å². The van der Waals surface area contributed by atoms with E-state index in [-0.39, 0.29) is 5.37 Å². The summed E-state index contributed by atoms with van der Waals surface area (Å²) in [4.78, 5) is 11.1. The Labute approximate surface area is 151 Å². The Morgan fingerprint density at radius 2 is 2.12 bits per heavy atom. The van der Waals surface area contributed by atoms with E-state index in [0.29, 0.717) is 23.9 Å². The lowest BCUT2D eigenvalue weighted by Crippen LogP contribution is -2.33. The highest BCUT2D eigenvalue weighted by Gasteiger charge is 2.30. The normalized spacial score (nSPS) is 19.6. The van der Waals surface area contributed by atoms with Gasteiger partial charge in [-0.15, -0.1) is 11.8 Å². The fraction of sp³-hybridized carbons (Fsp3) is 0.316. The third kappa shape index (κ3) is 4.27. The van der Waals surface area contributed by atoms with Gasteiger partial charge in [0.1, 0.15) is 12.6 Å². The summed E-state index contributed by atoms with van der Waals surface area (Å²) in [6.45, 7) is 2.50. The Hall–Kier alpha value is -2.18. The van der Waals surface area contributed by atoms with Gasteiger partial charge in [-0.3, -0.25) is 10.1 Å². The molecule has 5 nitrogen and oxygen atoms in total. The number of aliphatic carboxylic acids is 1. The number of nitrogens with one attached hydrogen (secondary N) is 1. The molecule has 0 radical (unpaired) electrons. The number of carboxylic acid groups (broad SMARTS) is 1. The van der Waals surface area contributed by atoms with Crippen LogP contribution < -0.4 is 14.8 Å². The van der Waals surface area contributed by atoms with E-state index in [2.05, 4.69) is 11.4 Å². The van der Waals surface area contributed by atoms with Crippen molar-refractivity contribution >= 4 is 17.7 Å². The largest absolute Gasteiger partial charge is 0.493 e. The van der Waals surface area contributed by atoms with Crippen LogP contribution in [0.25, 0.3) is 0 Å². The predicted molar refractivity (Wildman–Crippen MR) is 98.3 cm³/mol. The average Bonchev–Trinajstić information content (AvgIpc) is 3.10. The highest BCUT2D eigenvalue weighted by Crippen LogP contribution is 2.37. The molecule has 25 heavy (non-hydrogen) atoms. The van der Waals surface area contributed by atoms with Crippen molar-refractivity contribution in [2.24, 2.45) is 0 Å². The van der Waals surface area contributed by atoms with E-state index in [0.717, 1.165) is 11.1 Å². The number of rotatable bonds is 6. The van der Waals surface area contributed by atoms with Crippen molar-refractivity contribution in [3.63, 3.8) is 0 Å². The van der Waals surface area contributed by atoms with E-state index in [1.54, 1.807) is 18.9 Å². The van der Waals surface area contributed by atoms with Gasteiger partial charge in [-0.05, 0) is 30.2 Å². The average molecular weight is 359 g/mol. The van der Waals surface area contributed by atoms with Crippen LogP contribution >= 0.6 is 11.8 Å². The first-order valence-corrected chi connectivity index (χ1v) is 9.08. The molecule has 0 saturated carbocycles. The van der Waals surface area contributed by atoms with Gasteiger partial charge in [0.25, 0.3) is 0 Å². The molecule has 1 aliphatic rings. The van der Waals surface area contributed by atoms with E-state index in [4.69, 9.17) is 14.6 Å². The molecule has 0 amide bonds. The molecule has 2 aromatic carbocycles. The van der Waals surface area contributed by atoms with Crippen LogP contribution in [0.4, 0.5) is 0 Å². The van der Waals surface area contributed by atoms with E-state index in [9.17, 15) is 4.79 Å². The molecule has 6 heteroatoms. The number of thioether (sulfide) groups is 1. The third-order valence-corrected chi connectivity index (χ3v) is 5.31. The SMILES string of the molecule is COc1ccc(C2NC(C(=O)O)CS2)cc1OCc1cccc(C)c1. The molecule has 0 aliphatic carbocycles. The smallest absolute Gasteiger partial charge is 0.321 e. The summed E-state index contributed by atoms with van der Waals surface area (Å²) < 4.78 is 11.4.